The standard InChI is InChI=1S/C16H24BrNO/c1-3-18-15(10-12-6-5-7-12)14-11-13(17)8-9-16(14)19-4-2/h8-9,11-12,15,18H,3-7,10H2,1-2H3. The fourth-order valence-corrected chi connectivity index (χ4v) is 3.09. The number of halogens is 1. The fourth-order valence-electron chi connectivity index (χ4n) is 2.71. The van der Waals surface area contributed by atoms with Gasteiger partial charge in [0, 0.05) is 16.1 Å². The van der Waals surface area contributed by atoms with Crippen LogP contribution in [0.5, 0.6) is 5.75 Å². The van der Waals surface area contributed by atoms with E-state index in [1.54, 1.807) is 0 Å². The second-order valence-corrected chi connectivity index (χ2v) is 6.17. The lowest BCUT2D eigenvalue weighted by molar-refractivity contribution is 0.257. The summed E-state index contributed by atoms with van der Waals surface area (Å²) in [6.07, 6.45) is 5.41. The maximum absolute atomic E-state index is 5.79. The molecule has 1 fully saturated rings. The molecule has 1 unspecified atom stereocenters. The zero-order valence-corrected chi connectivity index (χ0v) is 13.5. The number of hydrogen-bond acceptors (Lipinski definition) is 2. The topological polar surface area (TPSA) is 21.3 Å². The molecule has 1 aromatic rings. The largest absolute Gasteiger partial charge is 0.494 e. The van der Waals surface area contributed by atoms with Crippen molar-refractivity contribution in [1.29, 1.82) is 0 Å². The highest BCUT2D eigenvalue weighted by Gasteiger charge is 2.24. The van der Waals surface area contributed by atoms with Gasteiger partial charge in [-0.05, 0) is 44.0 Å². The molecule has 1 aliphatic rings. The smallest absolute Gasteiger partial charge is 0.124 e. The van der Waals surface area contributed by atoms with Gasteiger partial charge in [-0.1, -0.05) is 42.1 Å². The lowest BCUT2D eigenvalue weighted by atomic mass is 9.79. The van der Waals surface area contributed by atoms with Crippen molar-refractivity contribution in [3.05, 3.63) is 28.2 Å². The summed E-state index contributed by atoms with van der Waals surface area (Å²) in [6.45, 7) is 5.93. The van der Waals surface area contributed by atoms with Gasteiger partial charge in [-0.2, -0.15) is 0 Å². The number of benzene rings is 1. The van der Waals surface area contributed by atoms with Gasteiger partial charge >= 0.3 is 0 Å². The molecule has 2 rings (SSSR count). The molecule has 1 atom stereocenters. The summed E-state index contributed by atoms with van der Waals surface area (Å²) in [6, 6.07) is 6.75. The lowest BCUT2D eigenvalue weighted by Crippen LogP contribution is -2.26. The predicted octanol–water partition coefficient (Wildman–Crippen LogP) is 4.69. The van der Waals surface area contributed by atoms with Gasteiger partial charge in [0.15, 0.2) is 0 Å². The maximum Gasteiger partial charge on any atom is 0.124 e. The van der Waals surface area contributed by atoms with Gasteiger partial charge in [0.25, 0.3) is 0 Å². The van der Waals surface area contributed by atoms with E-state index in [1.807, 2.05) is 6.92 Å². The van der Waals surface area contributed by atoms with Crippen LogP contribution in [0.2, 0.25) is 0 Å². The van der Waals surface area contributed by atoms with E-state index in [1.165, 1.54) is 31.2 Å². The summed E-state index contributed by atoms with van der Waals surface area (Å²) in [5.74, 6) is 1.91. The third-order valence-electron chi connectivity index (χ3n) is 3.89. The van der Waals surface area contributed by atoms with Crippen molar-refractivity contribution in [3.8, 4) is 5.75 Å². The van der Waals surface area contributed by atoms with Crippen LogP contribution in [0.25, 0.3) is 0 Å². The molecule has 0 radical (unpaired) electrons. The Bertz CT molecular complexity index is 404. The zero-order chi connectivity index (χ0) is 13.7. The fraction of sp³-hybridized carbons (Fsp3) is 0.625. The molecule has 1 aliphatic carbocycles. The first-order chi connectivity index (χ1) is 9.24. The van der Waals surface area contributed by atoms with E-state index >= 15 is 0 Å². The second kappa shape index (κ2) is 7.30. The van der Waals surface area contributed by atoms with Crippen LogP contribution in [0.15, 0.2) is 22.7 Å². The van der Waals surface area contributed by atoms with Crippen LogP contribution in [0.3, 0.4) is 0 Å². The van der Waals surface area contributed by atoms with Crippen LogP contribution in [-0.4, -0.2) is 13.2 Å². The van der Waals surface area contributed by atoms with Crippen molar-refractivity contribution in [1.82, 2.24) is 5.32 Å². The van der Waals surface area contributed by atoms with E-state index in [9.17, 15) is 0 Å². The summed E-state index contributed by atoms with van der Waals surface area (Å²) in [5, 5.41) is 3.62. The third-order valence-corrected chi connectivity index (χ3v) is 4.38. The SMILES string of the molecule is CCNC(CC1CCC1)c1cc(Br)ccc1OCC. The summed E-state index contributed by atoms with van der Waals surface area (Å²) < 4.78 is 6.92. The zero-order valence-electron chi connectivity index (χ0n) is 11.9. The van der Waals surface area contributed by atoms with Gasteiger partial charge in [-0.25, -0.2) is 0 Å². The van der Waals surface area contributed by atoms with Crippen molar-refractivity contribution in [2.45, 2.75) is 45.6 Å². The Kier molecular flexibility index (Phi) is 5.71. The molecule has 1 aromatic carbocycles. The Hall–Kier alpha value is -0.540. The quantitative estimate of drug-likeness (QED) is 0.785. The molecule has 106 valence electrons. The van der Waals surface area contributed by atoms with Crippen molar-refractivity contribution >= 4 is 15.9 Å². The number of rotatable bonds is 7. The average Bonchev–Trinajstić information content (AvgIpc) is 2.35. The monoisotopic (exact) mass is 325 g/mol. The van der Waals surface area contributed by atoms with Crippen molar-refractivity contribution in [2.75, 3.05) is 13.2 Å². The molecule has 0 aromatic heterocycles. The number of ether oxygens (including phenoxy) is 1. The molecule has 1 saturated carbocycles. The molecule has 0 bridgehead atoms. The highest BCUT2D eigenvalue weighted by molar-refractivity contribution is 9.10. The Morgan fingerprint density at radius 3 is 2.74 bits per heavy atom. The number of nitrogens with one attached hydrogen (secondary N) is 1. The highest BCUT2D eigenvalue weighted by atomic mass is 79.9. The van der Waals surface area contributed by atoms with E-state index in [-0.39, 0.29) is 0 Å². The molecular weight excluding hydrogens is 302 g/mol. The van der Waals surface area contributed by atoms with Crippen molar-refractivity contribution < 1.29 is 4.74 Å². The molecule has 2 nitrogen and oxygen atoms in total. The van der Waals surface area contributed by atoms with Crippen LogP contribution in [-0.2, 0) is 0 Å². The van der Waals surface area contributed by atoms with Crippen LogP contribution < -0.4 is 10.1 Å². The first kappa shape index (κ1) is 14.9. The first-order valence-electron chi connectivity index (χ1n) is 7.40. The normalized spacial score (nSPS) is 17.0. The molecule has 0 saturated heterocycles. The van der Waals surface area contributed by atoms with Crippen molar-refractivity contribution in [3.63, 3.8) is 0 Å². The van der Waals surface area contributed by atoms with Gasteiger partial charge < -0.3 is 10.1 Å². The average molecular weight is 326 g/mol. The Labute approximate surface area is 125 Å². The molecule has 0 spiro atoms. The molecule has 0 aliphatic heterocycles. The van der Waals surface area contributed by atoms with Crippen LogP contribution >= 0.6 is 15.9 Å². The van der Waals surface area contributed by atoms with E-state index in [2.05, 4.69) is 46.4 Å². The van der Waals surface area contributed by atoms with Crippen LogP contribution in [0.4, 0.5) is 0 Å². The summed E-state index contributed by atoms with van der Waals surface area (Å²) in [5.41, 5.74) is 1.30. The van der Waals surface area contributed by atoms with Crippen LogP contribution in [0.1, 0.15) is 51.1 Å². The minimum Gasteiger partial charge on any atom is -0.494 e. The summed E-state index contributed by atoms with van der Waals surface area (Å²) in [4.78, 5) is 0. The Morgan fingerprint density at radius 1 is 1.37 bits per heavy atom. The Balaban J connectivity index is 2.19. The highest BCUT2D eigenvalue weighted by Crippen LogP contribution is 2.38. The third kappa shape index (κ3) is 3.96. The van der Waals surface area contributed by atoms with E-state index in [4.69, 9.17) is 4.74 Å². The van der Waals surface area contributed by atoms with E-state index < -0.39 is 0 Å². The van der Waals surface area contributed by atoms with E-state index in [0.717, 1.165) is 29.3 Å². The predicted molar refractivity (Wildman–Crippen MR) is 83.7 cm³/mol. The van der Waals surface area contributed by atoms with Crippen LogP contribution in [0, 0.1) is 5.92 Å². The summed E-state index contributed by atoms with van der Waals surface area (Å²) >= 11 is 3.58. The summed E-state index contributed by atoms with van der Waals surface area (Å²) in [7, 11) is 0. The first-order valence-corrected chi connectivity index (χ1v) is 8.19. The molecule has 0 amide bonds. The molecule has 3 heteroatoms. The maximum atomic E-state index is 5.79. The minimum absolute atomic E-state index is 0.411. The van der Waals surface area contributed by atoms with Gasteiger partial charge in [-0.15, -0.1) is 0 Å². The van der Waals surface area contributed by atoms with Gasteiger partial charge in [0.1, 0.15) is 5.75 Å². The second-order valence-electron chi connectivity index (χ2n) is 5.26. The molecular formula is C16H24BrNO. The van der Waals surface area contributed by atoms with E-state index in [0.29, 0.717) is 6.04 Å². The lowest BCUT2D eigenvalue weighted by Gasteiger charge is -2.31. The molecule has 19 heavy (non-hydrogen) atoms. The molecule has 1 N–H and O–H groups in total. The van der Waals surface area contributed by atoms with Crippen molar-refractivity contribution in [2.24, 2.45) is 5.92 Å². The van der Waals surface area contributed by atoms with Gasteiger partial charge in [0.2, 0.25) is 0 Å². The van der Waals surface area contributed by atoms with Gasteiger partial charge in [0.05, 0.1) is 6.61 Å². The number of hydrogen-bond donors (Lipinski definition) is 1. The van der Waals surface area contributed by atoms with Gasteiger partial charge in [-0.3, -0.25) is 0 Å². The minimum atomic E-state index is 0.411. The Morgan fingerprint density at radius 2 is 2.16 bits per heavy atom. The molecule has 0 heterocycles.